The first-order valence-corrected chi connectivity index (χ1v) is 7.23. The van der Waals surface area contributed by atoms with Crippen molar-refractivity contribution in [3.05, 3.63) is 35.9 Å². The van der Waals surface area contributed by atoms with Crippen molar-refractivity contribution in [1.29, 1.82) is 0 Å². The van der Waals surface area contributed by atoms with Crippen LogP contribution in [0, 0.1) is 0 Å². The number of hydrogen-bond acceptors (Lipinski definition) is 1. The quantitative estimate of drug-likeness (QED) is 0.831. The van der Waals surface area contributed by atoms with Crippen molar-refractivity contribution in [1.82, 2.24) is 0 Å². The molecule has 0 spiro atoms. The Balaban J connectivity index is 2.63. The number of carbonyl (C=O) groups is 1. The van der Waals surface area contributed by atoms with E-state index < -0.39 is 16.0 Å². The number of carboxylic acid groups (broad SMARTS) is 1. The van der Waals surface area contributed by atoms with Crippen molar-refractivity contribution in [2.24, 2.45) is 0 Å². The summed E-state index contributed by atoms with van der Waals surface area (Å²) in [5, 5.41) is 8.75. The Hall–Kier alpha value is -0.960. The highest BCUT2D eigenvalue weighted by Crippen LogP contribution is 2.42. The SMILES string of the molecule is CS(C)(CC(=O)O)Cc1ccccc1. The van der Waals surface area contributed by atoms with Gasteiger partial charge in [0, 0.05) is 5.75 Å². The van der Waals surface area contributed by atoms with E-state index in [1.807, 2.05) is 18.2 Å². The summed E-state index contributed by atoms with van der Waals surface area (Å²) in [4.78, 5) is 10.6. The molecule has 0 aliphatic rings. The van der Waals surface area contributed by atoms with E-state index in [2.05, 4.69) is 24.6 Å². The van der Waals surface area contributed by atoms with Gasteiger partial charge in [-0.05, 0) is 18.1 Å². The first kappa shape index (κ1) is 11.1. The van der Waals surface area contributed by atoms with E-state index in [9.17, 15) is 4.79 Å². The maximum atomic E-state index is 10.6. The third-order valence-electron chi connectivity index (χ3n) is 1.91. The lowest BCUT2D eigenvalue weighted by Crippen LogP contribution is -2.12. The summed E-state index contributed by atoms with van der Waals surface area (Å²) < 4.78 is 0. The van der Waals surface area contributed by atoms with Gasteiger partial charge < -0.3 is 5.11 Å². The van der Waals surface area contributed by atoms with E-state index in [0.29, 0.717) is 5.75 Å². The molecule has 0 aliphatic carbocycles. The zero-order chi connectivity index (χ0) is 10.6. The fourth-order valence-corrected chi connectivity index (χ4v) is 3.28. The maximum Gasteiger partial charge on any atom is 0.311 e. The Morgan fingerprint density at radius 1 is 1.29 bits per heavy atom. The number of rotatable bonds is 4. The topological polar surface area (TPSA) is 37.3 Å². The van der Waals surface area contributed by atoms with Gasteiger partial charge >= 0.3 is 5.97 Å². The smallest absolute Gasteiger partial charge is 0.311 e. The number of carboxylic acids is 1. The molecule has 0 unspecified atom stereocenters. The van der Waals surface area contributed by atoms with Gasteiger partial charge in [-0.3, -0.25) is 4.79 Å². The Labute approximate surface area is 86.3 Å². The van der Waals surface area contributed by atoms with E-state index >= 15 is 0 Å². The summed E-state index contributed by atoms with van der Waals surface area (Å²) >= 11 is 0. The molecule has 1 N–H and O–H groups in total. The van der Waals surface area contributed by atoms with Gasteiger partial charge in [0.15, 0.2) is 0 Å². The van der Waals surface area contributed by atoms with Crippen molar-refractivity contribution in [3.63, 3.8) is 0 Å². The van der Waals surface area contributed by atoms with Crippen molar-refractivity contribution in [2.75, 3.05) is 18.3 Å². The molecule has 78 valence electrons. The molecule has 0 aromatic heterocycles. The normalized spacial score (nSPS) is 12.4. The van der Waals surface area contributed by atoms with Crippen molar-refractivity contribution < 1.29 is 9.90 Å². The van der Waals surface area contributed by atoms with Gasteiger partial charge in [0.2, 0.25) is 0 Å². The average molecular weight is 212 g/mol. The van der Waals surface area contributed by atoms with Gasteiger partial charge in [-0.2, -0.15) is 0 Å². The molecule has 14 heavy (non-hydrogen) atoms. The molecule has 0 aliphatic heterocycles. The molecule has 1 aromatic rings. The summed E-state index contributed by atoms with van der Waals surface area (Å²) in [6, 6.07) is 10.1. The molecule has 0 saturated heterocycles. The maximum absolute atomic E-state index is 10.6. The molecule has 1 rings (SSSR count). The third-order valence-corrected chi connectivity index (χ3v) is 4.06. The van der Waals surface area contributed by atoms with Crippen molar-refractivity contribution in [3.8, 4) is 0 Å². The van der Waals surface area contributed by atoms with E-state index in [1.165, 1.54) is 5.56 Å². The Morgan fingerprint density at radius 2 is 1.86 bits per heavy atom. The molecule has 0 bridgehead atoms. The molecular formula is C11H16O2S. The summed E-state index contributed by atoms with van der Waals surface area (Å²) in [7, 11) is -1.03. The standard InChI is InChI=1S/C11H16O2S/c1-14(2,9-11(12)13)8-10-6-4-3-5-7-10/h3-7H,8-9H2,1-2H3,(H,12,13). The van der Waals surface area contributed by atoms with Crippen LogP contribution in [-0.2, 0) is 10.5 Å². The zero-order valence-electron chi connectivity index (χ0n) is 8.56. The first-order valence-electron chi connectivity index (χ1n) is 4.44. The van der Waals surface area contributed by atoms with Crippen LogP contribution in [-0.4, -0.2) is 29.3 Å². The van der Waals surface area contributed by atoms with Crippen LogP contribution in [0.15, 0.2) is 30.3 Å². The molecule has 0 fully saturated rings. The Bertz CT molecular complexity index is 306. The minimum Gasteiger partial charge on any atom is -0.481 e. The molecule has 3 heteroatoms. The fraction of sp³-hybridized carbons (Fsp3) is 0.364. The van der Waals surface area contributed by atoms with Crippen LogP contribution in [0.3, 0.4) is 0 Å². The molecule has 0 saturated carbocycles. The highest BCUT2D eigenvalue weighted by atomic mass is 32.3. The van der Waals surface area contributed by atoms with Crippen LogP contribution >= 0.6 is 10.0 Å². The third kappa shape index (κ3) is 3.83. The Kier molecular flexibility index (Phi) is 3.58. The molecular weight excluding hydrogens is 196 g/mol. The van der Waals surface area contributed by atoms with Crippen molar-refractivity contribution >= 4 is 16.0 Å². The van der Waals surface area contributed by atoms with Gasteiger partial charge in [0.25, 0.3) is 0 Å². The molecule has 0 atom stereocenters. The highest BCUT2D eigenvalue weighted by Gasteiger charge is 2.16. The molecule has 1 aromatic carbocycles. The zero-order valence-corrected chi connectivity index (χ0v) is 9.38. The molecule has 0 radical (unpaired) electrons. The molecule has 2 nitrogen and oxygen atoms in total. The number of benzene rings is 1. The number of aliphatic carboxylic acids is 1. The van der Waals surface area contributed by atoms with Crippen LogP contribution in [0.25, 0.3) is 0 Å². The fourth-order valence-electron chi connectivity index (χ4n) is 1.41. The first-order chi connectivity index (χ1) is 6.49. The van der Waals surface area contributed by atoms with Gasteiger partial charge in [-0.25, -0.2) is 10.0 Å². The second kappa shape index (κ2) is 4.51. The van der Waals surface area contributed by atoms with E-state index in [0.717, 1.165) is 5.75 Å². The van der Waals surface area contributed by atoms with E-state index in [1.54, 1.807) is 0 Å². The lowest BCUT2D eigenvalue weighted by atomic mass is 10.2. The Morgan fingerprint density at radius 3 is 2.36 bits per heavy atom. The van der Waals surface area contributed by atoms with E-state index in [-0.39, 0.29) is 0 Å². The minimum absolute atomic E-state index is 0.294. The van der Waals surface area contributed by atoms with Gasteiger partial charge in [0.1, 0.15) is 0 Å². The predicted octanol–water partition coefficient (Wildman–Crippen LogP) is 2.34. The van der Waals surface area contributed by atoms with Gasteiger partial charge in [0.05, 0.1) is 5.75 Å². The monoisotopic (exact) mass is 212 g/mol. The van der Waals surface area contributed by atoms with Crippen LogP contribution in [0.2, 0.25) is 0 Å². The second-order valence-electron chi connectivity index (χ2n) is 3.94. The lowest BCUT2D eigenvalue weighted by Gasteiger charge is -2.29. The summed E-state index contributed by atoms with van der Waals surface area (Å²) in [6.07, 6.45) is 4.13. The minimum atomic E-state index is -1.03. The highest BCUT2D eigenvalue weighted by molar-refractivity contribution is 8.32. The van der Waals surface area contributed by atoms with Crippen LogP contribution in [0.5, 0.6) is 0 Å². The molecule has 0 amide bonds. The summed E-state index contributed by atoms with van der Waals surface area (Å²) in [5.74, 6) is 0.489. The van der Waals surface area contributed by atoms with Crippen LogP contribution < -0.4 is 0 Å². The van der Waals surface area contributed by atoms with Gasteiger partial charge in [-0.1, -0.05) is 30.3 Å². The largest absolute Gasteiger partial charge is 0.481 e. The lowest BCUT2D eigenvalue weighted by molar-refractivity contribution is -0.133. The second-order valence-corrected chi connectivity index (χ2v) is 8.05. The number of hydrogen-bond donors (Lipinski definition) is 1. The van der Waals surface area contributed by atoms with Crippen LogP contribution in [0.1, 0.15) is 5.56 Å². The average Bonchev–Trinajstić information content (AvgIpc) is 2.02. The predicted molar refractivity (Wildman–Crippen MR) is 62.1 cm³/mol. The summed E-state index contributed by atoms with van der Waals surface area (Å²) in [6.45, 7) is 0. The molecule has 0 heterocycles. The van der Waals surface area contributed by atoms with E-state index in [4.69, 9.17) is 5.11 Å². The summed E-state index contributed by atoms with van der Waals surface area (Å²) in [5.41, 5.74) is 1.23. The van der Waals surface area contributed by atoms with Crippen molar-refractivity contribution in [2.45, 2.75) is 5.75 Å². The van der Waals surface area contributed by atoms with Crippen LogP contribution in [0.4, 0.5) is 0 Å². The van der Waals surface area contributed by atoms with Gasteiger partial charge in [-0.15, -0.1) is 0 Å².